The van der Waals surface area contributed by atoms with Crippen molar-refractivity contribution in [3.05, 3.63) is 20.8 Å². The molecule has 0 saturated heterocycles. The summed E-state index contributed by atoms with van der Waals surface area (Å²) >= 11 is 5.13. The molecule has 96 valence electrons. The molecular weight excluding hydrogens is 302 g/mol. The molecule has 3 N–H and O–H groups in total. The molecule has 0 spiro atoms. The number of likely N-dealkylation sites (N-methyl/N-ethyl adjacent to an activating group) is 1. The molecule has 0 fully saturated rings. The van der Waals surface area contributed by atoms with Gasteiger partial charge in [0.05, 0.1) is 9.83 Å². The van der Waals surface area contributed by atoms with Crippen molar-refractivity contribution < 1.29 is 4.79 Å². The fourth-order valence-corrected chi connectivity index (χ4v) is 3.18. The van der Waals surface area contributed by atoms with Gasteiger partial charge in [0.15, 0.2) is 0 Å². The van der Waals surface area contributed by atoms with Gasteiger partial charge in [-0.2, -0.15) is 0 Å². The quantitative estimate of drug-likeness (QED) is 0.837. The second-order valence-electron chi connectivity index (χ2n) is 3.80. The molecule has 1 aromatic heterocycles. The third-order valence-corrected chi connectivity index (χ3v) is 4.37. The molecule has 0 bridgehead atoms. The first kappa shape index (κ1) is 14.6. The average molecular weight is 320 g/mol. The lowest BCUT2D eigenvalue weighted by atomic mass is 10.2. The van der Waals surface area contributed by atoms with Crippen LogP contribution in [0, 0.1) is 0 Å². The molecule has 0 aliphatic heterocycles. The molecule has 0 saturated carbocycles. The lowest BCUT2D eigenvalue weighted by Gasteiger charge is -2.25. The van der Waals surface area contributed by atoms with E-state index in [1.807, 2.05) is 13.1 Å². The molecule has 1 unspecified atom stereocenters. The maximum absolute atomic E-state index is 11.2. The summed E-state index contributed by atoms with van der Waals surface area (Å²) in [5.41, 5.74) is 5.80. The molecular formula is C11H18BrN3OS. The standard InChI is InChI=1S/C11H18BrN3OS/c1-14-11(16)5-6-15(2)8(7-13)9-3-4-10(12)17-9/h3-4,8H,5-7,13H2,1-2H3,(H,14,16). The van der Waals surface area contributed by atoms with Crippen LogP contribution in [-0.2, 0) is 4.79 Å². The van der Waals surface area contributed by atoms with E-state index >= 15 is 0 Å². The van der Waals surface area contributed by atoms with Crippen molar-refractivity contribution in [2.24, 2.45) is 5.73 Å². The molecule has 1 heterocycles. The Kier molecular flexibility index (Phi) is 6.11. The Morgan fingerprint density at radius 3 is 2.82 bits per heavy atom. The molecule has 0 radical (unpaired) electrons. The van der Waals surface area contributed by atoms with Crippen LogP contribution in [0.4, 0.5) is 0 Å². The van der Waals surface area contributed by atoms with E-state index in [1.165, 1.54) is 4.88 Å². The molecule has 0 aliphatic carbocycles. The van der Waals surface area contributed by atoms with Crippen molar-refractivity contribution in [2.45, 2.75) is 12.5 Å². The van der Waals surface area contributed by atoms with Gasteiger partial charge < -0.3 is 11.1 Å². The number of thiophene rings is 1. The fraction of sp³-hybridized carbons (Fsp3) is 0.545. The van der Waals surface area contributed by atoms with Crippen LogP contribution in [0.5, 0.6) is 0 Å². The third kappa shape index (κ3) is 4.39. The molecule has 17 heavy (non-hydrogen) atoms. The summed E-state index contributed by atoms with van der Waals surface area (Å²) in [5, 5.41) is 2.62. The summed E-state index contributed by atoms with van der Waals surface area (Å²) in [7, 11) is 3.65. The van der Waals surface area contributed by atoms with Crippen molar-refractivity contribution in [3.63, 3.8) is 0 Å². The summed E-state index contributed by atoms with van der Waals surface area (Å²) in [6.45, 7) is 1.26. The number of amides is 1. The molecule has 4 nitrogen and oxygen atoms in total. The summed E-state index contributed by atoms with van der Waals surface area (Å²) in [6.07, 6.45) is 0.496. The Balaban J connectivity index is 2.58. The summed E-state index contributed by atoms with van der Waals surface area (Å²) in [5.74, 6) is 0.0555. The molecule has 1 amide bonds. The number of rotatable bonds is 6. The molecule has 0 aliphatic rings. The Bertz CT molecular complexity index is 369. The average Bonchev–Trinajstić information content (AvgIpc) is 2.73. The topological polar surface area (TPSA) is 58.4 Å². The van der Waals surface area contributed by atoms with Gasteiger partial charge >= 0.3 is 0 Å². The fourth-order valence-electron chi connectivity index (χ4n) is 1.58. The van der Waals surface area contributed by atoms with Crippen molar-refractivity contribution in [1.29, 1.82) is 0 Å². The van der Waals surface area contributed by atoms with Gasteiger partial charge in [-0.3, -0.25) is 9.69 Å². The van der Waals surface area contributed by atoms with E-state index in [0.29, 0.717) is 19.5 Å². The predicted molar refractivity (Wildman–Crippen MR) is 75.1 cm³/mol. The minimum atomic E-state index is 0.0555. The first-order valence-corrected chi connectivity index (χ1v) is 7.05. The van der Waals surface area contributed by atoms with Crippen LogP contribution in [0.1, 0.15) is 17.3 Å². The van der Waals surface area contributed by atoms with Crippen molar-refractivity contribution >= 4 is 33.2 Å². The van der Waals surface area contributed by atoms with E-state index in [-0.39, 0.29) is 11.9 Å². The van der Waals surface area contributed by atoms with Crippen molar-refractivity contribution in [2.75, 3.05) is 27.2 Å². The van der Waals surface area contributed by atoms with Crippen LogP contribution >= 0.6 is 27.3 Å². The van der Waals surface area contributed by atoms with E-state index in [0.717, 1.165) is 3.79 Å². The number of nitrogens with zero attached hydrogens (tertiary/aromatic N) is 1. The van der Waals surface area contributed by atoms with Crippen LogP contribution < -0.4 is 11.1 Å². The second kappa shape index (κ2) is 7.10. The number of hydrogen-bond donors (Lipinski definition) is 2. The highest BCUT2D eigenvalue weighted by atomic mass is 79.9. The Labute approximate surface area is 114 Å². The van der Waals surface area contributed by atoms with Gasteiger partial charge in [-0.15, -0.1) is 11.3 Å². The third-order valence-electron chi connectivity index (χ3n) is 2.65. The highest BCUT2D eigenvalue weighted by Gasteiger charge is 2.17. The van der Waals surface area contributed by atoms with Crippen LogP contribution in [0.2, 0.25) is 0 Å². The largest absolute Gasteiger partial charge is 0.359 e. The molecule has 1 rings (SSSR count). The number of nitrogens with two attached hydrogens (primary N) is 1. The maximum atomic E-state index is 11.2. The molecule has 1 atom stereocenters. The Hall–Kier alpha value is -0.430. The predicted octanol–water partition coefficient (Wildman–Crippen LogP) is 1.58. The zero-order valence-corrected chi connectivity index (χ0v) is 12.5. The van der Waals surface area contributed by atoms with Gasteiger partial charge in [0, 0.05) is 31.4 Å². The van der Waals surface area contributed by atoms with Gasteiger partial charge in [0.1, 0.15) is 0 Å². The van der Waals surface area contributed by atoms with E-state index in [2.05, 4.69) is 32.2 Å². The summed E-state index contributed by atoms with van der Waals surface area (Å²) < 4.78 is 1.10. The van der Waals surface area contributed by atoms with Gasteiger partial charge in [-0.05, 0) is 35.1 Å². The lowest BCUT2D eigenvalue weighted by molar-refractivity contribution is -0.120. The van der Waals surface area contributed by atoms with Gasteiger partial charge in [0.25, 0.3) is 0 Å². The van der Waals surface area contributed by atoms with E-state index in [9.17, 15) is 4.79 Å². The Morgan fingerprint density at radius 2 is 2.35 bits per heavy atom. The smallest absolute Gasteiger partial charge is 0.221 e. The monoisotopic (exact) mass is 319 g/mol. The van der Waals surface area contributed by atoms with Gasteiger partial charge in [-0.1, -0.05) is 0 Å². The first-order chi connectivity index (χ1) is 8.08. The highest BCUT2D eigenvalue weighted by Crippen LogP contribution is 2.29. The van der Waals surface area contributed by atoms with Crippen molar-refractivity contribution in [1.82, 2.24) is 10.2 Å². The van der Waals surface area contributed by atoms with E-state index in [1.54, 1.807) is 18.4 Å². The number of halogens is 1. The number of carbonyl (C=O) groups excluding carboxylic acids is 1. The molecule has 1 aromatic rings. The van der Waals surface area contributed by atoms with Crippen molar-refractivity contribution in [3.8, 4) is 0 Å². The SMILES string of the molecule is CNC(=O)CCN(C)C(CN)c1ccc(Br)s1. The zero-order chi connectivity index (χ0) is 12.8. The van der Waals surface area contributed by atoms with Crippen LogP contribution in [0.3, 0.4) is 0 Å². The lowest BCUT2D eigenvalue weighted by Crippen LogP contribution is -2.33. The van der Waals surface area contributed by atoms with Gasteiger partial charge in [-0.25, -0.2) is 0 Å². The minimum absolute atomic E-state index is 0.0555. The number of nitrogens with one attached hydrogen (secondary N) is 1. The van der Waals surface area contributed by atoms with E-state index in [4.69, 9.17) is 5.73 Å². The molecule has 6 heteroatoms. The summed E-state index contributed by atoms with van der Waals surface area (Å²) in [4.78, 5) is 14.5. The minimum Gasteiger partial charge on any atom is -0.359 e. The second-order valence-corrected chi connectivity index (χ2v) is 6.29. The number of hydrogen-bond acceptors (Lipinski definition) is 4. The maximum Gasteiger partial charge on any atom is 0.221 e. The normalized spacial score (nSPS) is 12.8. The zero-order valence-electron chi connectivity index (χ0n) is 10.1. The van der Waals surface area contributed by atoms with Crippen LogP contribution in [0.25, 0.3) is 0 Å². The number of carbonyl (C=O) groups is 1. The van der Waals surface area contributed by atoms with Crippen LogP contribution in [0.15, 0.2) is 15.9 Å². The van der Waals surface area contributed by atoms with E-state index < -0.39 is 0 Å². The Morgan fingerprint density at radius 1 is 1.65 bits per heavy atom. The first-order valence-electron chi connectivity index (χ1n) is 5.44. The molecule has 0 aromatic carbocycles. The van der Waals surface area contributed by atoms with Crippen LogP contribution in [-0.4, -0.2) is 38.0 Å². The van der Waals surface area contributed by atoms with Gasteiger partial charge in [0.2, 0.25) is 5.91 Å². The summed E-state index contributed by atoms with van der Waals surface area (Å²) in [6, 6.07) is 4.27. The highest BCUT2D eigenvalue weighted by molar-refractivity contribution is 9.11.